The molecule has 4 heterocycles. The van der Waals surface area contributed by atoms with Gasteiger partial charge in [0.25, 0.3) is 0 Å². The van der Waals surface area contributed by atoms with E-state index in [1.165, 1.54) is 21.9 Å². The predicted molar refractivity (Wildman–Crippen MR) is 90.3 cm³/mol. The molecule has 0 aliphatic carbocycles. The topological polar surface area (TPSA) is 93.4 Å². The molecule has 4 rings (SSSR count). The number of aromatic nitrogens is 5. The van der Waals surface area contributed by atoms with Gasteiger partial charge < -0.3 is 0 Å². The second kappa shape index (κ2) is 5.87. The molecule has 0 saturated carbocycles. The van der Waals surface area contributed by atoms with Gasteiger partial charge in [0, 0.05) is 37.0 Å². The van der Waals surface area contributed by atoms with Crippen LogP contribution in [0.25, 0.3) is 15.5 Å². The van der Waals surface area contributed by atoms with E-state index in [1.807, 2.05) is 12.1 Å². The minimum atomic E-state index is -3.12. The Bertz CT molecular complexity index is 958. The number of sulfonamides is 1. The minimum absolute atomic E-state index is 0.168. The fraction of sp³-hybridized carbons (Fsp3) is 0.429. The summed E-state index contributed by atoms with van der Waals surface area (Å²) < 4.78 is 26.6. The number of nitrogens with zero attached hydrogens (tertiary/aromatic N) is 6. The molecule has 126 valence electrons. The Labute approximate surface area is 143 Å². The van der Waals surface area contributed by atoms with Crippen molar-refractivity contribution in [2.24, 2.45) is 0 Å². The highest BCUT2D eigenvalue weighted by Crippen LogP contribution is 2.31. The number of hydrogen-bond acceptors (Lipinski definition) is 7. The molecule has 0 bridgehead atoms. The zero-order valence-electron chi connectivity index (χ0n) is 13.0. The van der Waals surface area contributed by atoms with Crippen molar-refractivity contribution < 1.29 is 8.42 Å². The lowest BCUT2D eigenvalue weighted by molar-refractivity contribution is 0.313. The van der Waals surface area contributed by atoms with Crippen LogP contribution in [0.1, 0.15) is 24.6 Å². The summed E-state index contributed by atoms with van der Waals surface area (Å²) in [5.74, 6) is 0.978. The van der Waals surface area contributed by atoms with E-state index in [2.05, 4.69) is 20.3 Å². The quantitative estimate of drug-likeness (QED) is 0.697. The number of fused-ring (bicyclic) bond motifs is 1. The lowest BCUT2D eigenvalue weighted by Crippen LogP contribution is -2.37. The summed E-state index contributed by atoms with van der Waals surface area (Å²) in [6, 6.07) is 3.84. The molecule has 1 saturated heterocycles. The lowest BCUT2D eigenvalue weighted by Gasteiger charge is -2.28. The van der Waals surface area contributed by atoms with Crippen LogP contribution in [0.15, 0.2) is 24.5 Å². The van der Waals surface area contributed by atoms with Crippen molar-refractivity contribution in [2.45, 2.75) is 18.8 Å². The van der Waals surface area contributed by atoms with Gasteiger partial charge in [-0.3, -0.25) is 4.98 Å². The normalized spacial score (nSPS) is 17.5. The summed E-state index contributed by atoms with van der Waals surface area (Å²) >= 11 is 1.47. The fourth-order valence-corrected chi connectivity index (χ4v) is 4.65. The Balaban J connectivity index is 1.61. The van der Waals surface area contributed by atoms with Gasteiger partial charge in [-0.25, -0.2) is 12.7 Å². The van der Waals surface area contributed by atoms with E-state index in [9.17, 15) is 8.42 Å². The summed E-state index contributed by atoms with van der Waals surface area (Å²) in [7, 11) is -3.12. The van der Waals surface area contributed by atoms with Crippen LogP contribution >= 0.6 is 11.3 Å². The molecule has 0 N–H and O–H groups in total. The molecule has 0 radical (unpaired) electrons. The Morgan fingerprint density at radius 1 is 1.25 bits per heavy atom. The Hall–Kier alpha value is -1.91. The first-order valence-electron chi connectivity index (χ1n) is 7.60. The number of pyridine rings is 1. The van der Waals surface area contributed by atoms with Crippen LogP contribution in [0, 0.1) is 0 Å². The molecule has 3 aromatic rings. The first kappa shape index (κ1) is 15.6. The van der Waals surface area contributed by atoms with E-state index >= 15 is 0 Å². The van der Waals surface area contributed by atoms with Crippen molar-refractivity contribution in [3.05, 3.63) is 30.4 Å². The molecule has 1 aliphatic rings. The van der Waals surface area contributed by atoms with E-state index < -0.39 is 10.0 Å². The van der Waals surface area contributed by atoms with Crippen LogP contribution in [0.4, 0.5) is 0 Å². The van der Waals surface area contributed by atoms with Crippen LogP contribution in [-0.2, 0) is 10.0 Å². The highest BCUT2D eigenvalue weighted by Gasteiger charge is 2.29. The summed E-state index contributed by atoms with van der Waals surface area (Å²) in [5, 5.41) is 14.0. The third-order valence-corrected chi connectivity index (χ3v) is 6.46. The summed E-state index contributed by atoms with van der Waals surface area (Å²) in [6.07, 6.45) is 6.21. The van der Waals surface area contributed by atoms with Crippen molar-refractivity contribution in [2.75, 3.05) is 19.3 Å². The molecule has 0 amide bonds. The van der Waals surface area contributed by atoms with Gasteiger partial charge in [-0.1, -0.05) is 11.3 Å². The molecule has 8 nitrogen and oxygen atoms in total. The Kier molecular flexibility index (Phi) is 3.82. The second-order valence-electron chi connectivity index (χ2n) is 5.84. The van der Waals surface area contributed by atoms with Gasteiger partial charge in [-0.2, -0.15) is 9.61 Å². The standard InChI is InChI=1S/C14H16N6O2S2/c1-24(21,22)19-7-4-10(5-8-19)12-16-17-14-20(12)18-13(23-14)11-3-2-6-15-9-11/h2-3,6,9-10H,4-5,7-8H2,1H3. The molecule has 0 atom stereocenters. The van der Waals surface area contributed by atoms with Crippen LogP contribution < -0.4 is 0 Å². The molecule has 3 aromatic heterocycles. The minimum Gasteiger partial charge on any atom is -0.264 e. The van der Waals surface area contributed by atoms with Gasteiger partial charge in [-0.05, 0) is 25.0 Å². The monoisotopic (exact) mass is 364 g/mol. The predicted octanol–water partition coefficient (Wildman–Crippen LogP) is 1.39. The zero-order chi connectivity index (χ0) is 16.7. The number of hydrogen-bond donors (Lipinski definition) is 0. The van der Waals surface area contributed by atoms with Gasteiger partial charge in [0.2, 0.25) is 15.0 Å². The van der Waals surface area contributed by atoms with Crippen LogP contribution in [0.2, 0.25) is 0 Å². The summed E-state index contributed by atoms with van der Waals surface area (Å²) in [5.41, 5.74) is 0.950. The van der Waals surface area contributed by atoms with E-state index in [4.69, 9.17) is 0 Å². The van der Waals surface area contributed by atoms with Crippen molar-refractivity contribution in [3.8, 4) is 10.6 Å². The van der Waals surface area contributed by atoms with Crippen LogP contribution in [0.3, 0.4) is 0 Å². The van der Waals surface area contributed by atoms with E-state index in [-0.39, 0.29) is 5.92 Å². The number of rotatable bonds is 3. The van der Waals surface area contributed by atoms with Gasteiger partial charge in [0.1, 0.15) is 5.01 Å². The van der Waals surface area contributed by atoms with Gasteiger partial charge in [0.15, 0.2) is 5.82 Å². The summed E-state index contributed by atoms with van der Waals surface area (Å²) in [4.78, 5) is 4.86. The van der Waals surface area contributed by atoms with E-state index in [0.29, 0.717) is 13.1 Å². The van der Waals surface area contributed by atoms with E-state index in [1.54, 1.807) is 16.9 Å². The zero-order valence-corrected chi connectivity index (χ0v) is 14.7. The Morgan fingerprint density at radius 3 is 2.71 bits per heavy atom. The molecule has 1 aliphatic heterocycles. The molecular weight excluding hydrogens is 348 g/mol. The first-order valence-corrected chi connectivity index (χ1v) is 10.3. The van der Waals surface area contributed by atoms with Gasteiger partial charge >= 0.3 is 0 Å². The SMILES string of the molecule is CS(=O)(=O)N1CCC(c2nnc3sc(-c4cccnc4)nn23)CC1. The largest absolute Gasteiger partial charge is 0.264 e. The Morgan fingerprint density at radius 2 is 2.04 bits per heavy atom. The van der Waals surface area contributed by atoms with Crippen molar-refractivity contribution >= 4 is 26.3 Å². The van der Waals surface area contributed by atoms with Crippen LogP contribution in [0.5, 0.6) is 0 Å². The van der Waals surface area contributed by atoms with Crippen LogP contribution in [-0.4, -0.2) is 56.9 Å². The third kappa shape index (κ3) is 2.80. The molecular formula is C14H16N6O2S2. The molecule has 0 aromatic carbocycles. The highest BCUT2D eigenvalue weighted by atomic mass is 32.2. The molecule has 0 spiro atoms. The molecule has 0 unspecified atom stereocenters. The smallest absolute Gasteiger partial charge is 0.234 e. The van der Waals surface area contributed by atoms with E-state index in [0.717, 1.165) is 34.2 Å². The molecule has 10 heteroatoms. The number of piperidine rings is 1. The molecule has 24 heavy (non-hydrogen) atoms. The first-order chi connectivity index (χ1) is 11.5. The van der Waals surface area contributed by atoms with Gasteiger partial charge in [-0.15, -0.1) is 10.2 Å². The second-order valence-corrected chi connectivity index (χ2v) is 8.78. The third-order valence-electron chi connectivity index (χ3n) is 4.21. The lowest BCUT2D eigenvalue weighted by atomic mass is 9.97. The maximum absolute atomic E-state index is 11.6. The van der Waals surface area contributed by atoms with Gasteiger partial charge in [0.05, 0.1) is 6.26 Å². The fourth-order valence-electron chi connectivity index (χ4n) is 2.94. The van der Waals surface area contributed by atoms with Crippen molar-refractivity contribution in [3.63, 3.8) is 0 Å². The maximum atomic E-state index is 11.6. The highest BCUT2D eigenvalue weighted by molar-refractivity contribution is 7.88. The maximum Gasteiger partial charge on any atom is 0.234 e. The van der Waals surface area contributed by atoms with Crippen molar-refractivity contribution in [1.29, 1.82) is 0 Å². The average Bonchev–Trinajstić information content (AvgIpc) is 3.15. The summed E-state index contributed by atoms with van der Waals surface area (Å²) in [6.45, 7) is 1.02. The average molecular weight is 364 g/mol. The van der Waals surface area contributed by atoms with Crippen molar-refractivity contribution in [1.82, 2.24) is 29.1 Å². The molecule has 1 fully saturated rings.